The van der Waals surface area contributed by atoms with Crippen LogP contribution in [0.1, 0.15) is 6.92 Å². The molecule has 1 nitrogen and oxygen atoms in total. The van der Waals surface area contributed by atoms with Crippen LogP contribution >= 0.6 is 0 Å². The second-order valence-electron chi connectivity index (χ2n) is 3.10. The van der Waals surface area contributed by atoms with Gasteiger partial charge in [-0.05, 0) is 25.3 Å². The van der Waals surface area contributed by atoms with Crippen molar-refractivity contribution in [1.29, 1.82) is 0 Å². The predicted octanol–water partition coefficient (Wildman–Crippen LogP) is 3.21. The monoisotopic (exact) mass is 173 g/mol. The van der Waals surface area contributed by atoms with E-state index in [4.69, 9.17) is 0 Å². The highest BCUT2D eigenvalue weighted by Crippen LogP contribution is 2.14. The summed E-state index contributed by atoms with van der Waals surface area (Å²) in [6.07, 6.45) is 1.82. The summed E-state index contributed by atoms with van der Waals surface area (Å²) < 4.78 is 0. The molecule has 0 aliphatic heterocycles. The smallest absolute Gasteiger partial charge is 0.0429 e. The van der Waals surface area contributed by atoms with Gasteiger partial charge >= 0.3 is 0 Å². The fourth-order valence-corrected chi connectivity index (χ4v) is 1.17. The van der Waals surface area contributed by atoms with Gasteiger partial charge in [0.05, 0.1) is 0 Å². The van der Waals surface area contributed by atoms with Crippen LogP contribution in [0.3, 0.4) is 0 Å². The summed E-state index contributed by atoms with van der Waals surface area (Å²) in [5, 5.41) is 0. The lowest BCUT2D eigenvalue weighted by atomic mass is 10.2. The summed E-state index contributed by atoms with van der Waals surface area (Å²) in [5.74, 6) is 0. The molecule has 1 rings (SSSR count). The minimum atomic E-state index is 0.827. The molecule has 0 aliphatic rings. The van der Waals surface area contributed by atoms with Gasteiger partial charge in [-0.3, -0.25) is 0 Å². The molecule has 1 aromatic rings. The molecule has 0 atom stereocenters. The largest absolute Gasteiger partial charge is 0.345 e. The topological polar surface area (TPSA) is 3.24 Å². The average molecular weight is 173 g/mol. The van der Waals surface area contributed by atoms with Crippen molar-refractivity contribution >= 4 is 5.69 Å². The Hall–Kier alpha value is -1.50. The van der Waals surface area contributed by atoms with Gasteiger partial charge in [0.25, 0.3) is 0 Å². The zero-order valence-corrected chi connectivity index (χ0v) is 8.03. The lowest BCUT2D eigenvalue weighted by Gasteiger charge is -2.19. The molecule has 0 bridgehead atoms. The first kappa shape index (κ1) is 9.59. The van der Waals surface area contributed by atoms with Crippen molar-refractivity contribution < 1.29 is 0 Å². The predicted molar refractivity (Wildman–Crippen MR) is 58.8 cm³/mol. The molecule has 0 unspecified atom stereocenters. The summed E-state index contributed by atoms with van der Waals surface area (Å²) in [7, 11) is 0. The molecule has 0 spiro atoms. The second kappa shape index (κ2) is 4.51. The van der Waals surface area contributed by atoms with Crippen LogP contribution < -0.4 is 4.90 Å². The van der Waals surface area contributed by atoms with E-state index in [0.29, 0.717) is 0 Å². The molecule has 0 aliphatic carbocycles. The van der Waals surface area contributed by atoms with Crippen LogP contribution in [0.5, 0.6) is 0 Å². The molecule has 1 heteroatoms. The molecule has 0 amide bonds. The Morgan fingerprint density at radius 2 is 2.00 bits per heavy atom. The van der Waals surface area contributed by atoms with E-state index in [0.717, 1.165) is 17.8 Å². The van der Waals surface area contributed by atoms with E-state index in [1.54, 1.807) is 0 Å². The maximum absolute atomic E-state index is 3.88. The van der Waals surface area contributed by atoms with Gasteiger partial charge in [0.2, 0.25) is 0 Å². The van der Waals surface area contributed by atoms with Gasteiger partial charge in [0.15, 0.2) is 0 Å². The molecule has 0 N–H and O–H groups in total. The van der Waals surface area contributed by atoms with Crippen molar-refractivity contribution in [3.8, 4) is 0 Å². The number of rotatable bonds is 4. The van der Waals surface area contributed by atoms with E-state index in [1.165, 1.54) is 0 Å². The molecule has 13 heavy (non-hydrogen) atoms. The maximum Gasteiger partial charge on any atom is 0.0429 e. The fourth-order valence-electron chi connectivity index (χ4n) is 1.17. The van der Waals surface area contributed by atoms with Crippen molar-refractivity contribution in [2.45, 2.75) is 6.92 Å². The number of para-hydroxylation sites is 1. The van der Waals surface area contributed by atoms with Crippen LogP contribution in [0, 0.1) is 0 Å². The quantitative estimate of drug-likeness (QED) is 0.632. The minimum Gasteiger partial charge on any atom is -0.345 e. The molecule has 0 saturated heterocycles. The van der Waals surface area contributed by atoms with E-state index in [9.17, 15) is 0 Å². The minimum absolute atomic E-state index is 0.827. The second-order valence-corrected chi connectivity index (χ2v) is 3.10. The molecular weight excluding hydrogens is 158 g/mol. The zero-order valence-electron chi connectivity index (χ0n) is 8.03. The molecule has 0 radical (unpaired) electrons. The standard InChI is InChI=1S/C12H15N/c1-4-13(10-11(2)3)12-8-6-5-7-9-12/h4-9H,1-2,10H2,3H3. The third kappa shape index (κ3) is 2.79. The van der Waals surface area contributed by atoms with E-state index in [2.05, 4.69) is 30.2 Å². The Morgan fingerprint density at radius 1 is 1.38 bits per heavy atom. The highest BCUT2D eigenvalue weighted by molar-refractivity contribution is 5.49. The van der Waals surface area contributed by atoms with E-state index >= 15 is 0 Å². The van der Waals surface area contributed by atoms with Crippen LogP contribution in [0.2, 0.25) is 0 Å². The number of nitrogens with zero attached hydrogens (tertiary/aromatic N) is 1. The molecular formula is C12H15N. The summed E-state index contributed by atoms with van der Waals surface area (Å²) in [6.45, 7) is 10.5. The van der Waals surface area contributed by atoms with Gasteiger partial charge in [-0.25, -0.2) is 0 Å². The number of hydrogen-bond donors (Lipinski definition) is 0. The lowest BCUT2D eigenvalue weighted by Crippen LogP contribution is -2.17. The Balaban J connectivity index is 2.78. The van der Waals surface area contributed by atoms with Crippen LogP contribution in [0.4, 0.5) is 5.69 Å². The Morgan fingerprint density at radius 3 is 2.46 bits per heavy atom. The molecule has 1 aromatic carbocycles. The lowest BCUT2D eigenvalue weighted by molar-refractivity contribution is 1.04. The molecule has 0 heterocycles. The molecule has 0 aromatic heterocycles. The van der Waals surface area contributed by atoms with Crippen LogP contribution in [-0.2, 0) is 0 Å². The summed E-state index contributed by atoms with van der Waals surface area (Å²) in [6, 6.07) is 10.2. The van der Waals surface area contributed by atoms with Gasteiger partial charge in [-0.2, -0.15) is 0 Å². The summed E-state index contributed by atoms with van der Waals surface area (Å²) in [4.78, 5) is 2.07. The first-order chi connectivity index (χ1) is 6.24. The number of anilines is 1. The fraction of sp³-hybridized carbons (Fsp3) is 0.167. The van der Waals surface area contributed by atoms with Crippen molar-refractivity contribution in [2.24, 2.45) is 0 Å². The van der Waals surface area contributed by atoms with Gasteiger partial charge in [0, 0.05) is 12.2 Å². The zero-order chi connectivity index (χ0) is 9.68. The average Bonchev–Trinajstić information content (AvgIpc) is 2.15. The van der Waals surface area contributed by atoms with Gasteiger partial charge in [-0.1, -0.05) is 36.9 Å². The van der Waals surface area contributed by atoms with Crippen LogP contribution in [0.15, 0.2) is 55.3 Å². The van der Waals surface area contributed by atoms with Crippen molar-refractivity contribution in [3.63, 3.8) is 0 Å². The number of benzene rings is 1. The third-order valence-corrected chi connectivity index (χ3v) is 1.75. The van der Waals surface area contributed by atoms with E-state index in [1.807, 2.05) is 31.3 Å². The SMILES string of the molecule is C=CN(CC(=C)C)c1ccccc1. The summed E-state index contributed by atoms with van der Waals surface area (Å²) >= 11 is 0. The van der Waals surface area contributed by atoms with Crippen molar-refractivity contribution in [2.75, 3.05) is 11.4 Å². The first-order valence-electron chi connectivity index (χ1n) is 4.32. The normalized spacial score (nSPS) is 9.31. The van der Waals surface area contributed by atoms with Gasteiger partial charge in [-0.15, -0.1) is 0 Å². The van der Waals surface area contributed by atoms with Crippen molar-refractivity contribution in [3.05, 3.63) is 55.3 Å². The van der Waals surface area contributed by atoms with Crippen LogP contribution in [-0.4, -0.2) is 6.54 Å². The van der Waals surface area contributed by atoms with Crippen LogP contribution in [0.25, 0.3) is 0 Å². The van der Waals surface area contributed by atoms with Gasteiger partial charge in [0.1, 0.15) is 0 Å². The van der Waals surface area contributed by atoms with E-state index in [-0.39, 0.29) is 0 Å². The highest BCUT2D eigenvalue weighted by atomic mass is 15.1. The molecule has 0 saturated carbocycles. The Bertz CT molecular complexity index is 287. The number of hydrogen-bond acceptors (Lipinski definition) is 1. The highest BCUT2D eigenvalue weighted by Gasteiger charge is 2.00. The third-order valence-electron chi connectivity index (χ3n) is 1.75. The Labute approximate surface area is 80.0 Å². The molecule has 0 fully saturated rings. The maximum atomic E-state index is 3.88. The van der Waals surface area contributed by atoms with E-state index < -0.39 is 0 Å². The van der Waals surface area contributed by atoms with Crippen molar-refractivity contribution in [1.82, 2.24) is 0 Å². The summed E-state index contributed by atoms with van der Waals surface area (Å²) in [5.41, 5.74) is 2.28. The Kier molecular flexibility index (Phi) is 3.32. The molecule has 68 valence electrons. The first-order valence-corrected chi connectivity index (χ1v) is 4.32. The van der Waals surface area contributed by atoms with Gasteiger partial charge < -0.3 is 4.90 Å².